The Morgan fingerprint density at radius 3 is 2.86 bits per heavy atom. The van der Waals surface area contributed by atoms with Crippen molar-refractivity contribution < 1.29 is 9.18 Å². The minimum absolute atomic E-state index is 0.123. The predicted molar refractivity (Wildman–Crippen MR) is 80.2 cm³/mol. The number of benzene rings is 1. The first kappa shape index (κ1) is 14.5. The molecule has 0 radical (unpaired) electrons. The first-order chi connectivity index (χ1) is 10.1. The van der Waals surface area contributed by atoms with Crippen LogP contribution in [0.25, 0.3) is 0 Å². The summed E-state index contributed by atoms with van der Waals surface area (Å²) in [4.78, 5) is 14.2. The van der Waals surface area contributed by atoms with Gasteiger partial charge >= 0.3 is 0 Å². The highest BCUT2D eigenvalue weighted by molar-refractivity contribution is 5.89. The van der Waals surface area contributed by atoms with E-state index in [1.165, 1.54) is 6.07 Å². The van der Waals surface area contributed by atoms with Crippen molar-refractivity contribution in [2.45, 2.75) is 44.1 Å². The van der Waals surface area contributed by atoms with E-state index >= 15 is 0 Å². The molecule has 1 heterocycles. The molecule has 1 amide bonds. The predicted octanol–water partition coefficient (Wildman–Crippen LogP) is 2.49. The molecular weight excluding hydrogens is 267 g/mol. The molecule has 2 N–H and O–H groups in total. The standard InChI is InChI=1S/C17H23FN2O/c18-15-6-2-1-5-14(15)8-7-13-4-3-11-20(12-13)16(21)17(19)9-10-17/h1-2,5-6,13H,3-4,7-12,19H2/t13-/m0/s1. The summed E-state index contributed by atoms with van der Waals surface area (Å²) in [6, 6.07) is 6.95. The van der Waals surface area contributed by atoms with Gasteiger partial charge in [-0.3, -0.25) is 4.79 Å². The molecule has 0 unspecified atom stereocenters. The summed E-state index contributed by atoms with van der Waals surface area (Å²) < 4.78 is 13.6. The number of hydrogen-bond acceptors (Lipinski definition) is 2. The highest BCUT2D eigenvalue weighted by Crippen LogP contribution is 2.35. The maximum atomic E-state index is 13.6. The lowest BCUT2D eigenvalue weighted by atomic mass is 9.91. The highest BCUT2D eigenvalue weighted by Gasteiger charge is 2.48. The molecule has 114 valence electrons. The van der Waals surface area contributed by atoms with E-state index in [0.717, 1.165) is 57.2 Å². The second-order valence-electron chi connectivity index (χ2n) is 6.55. The van der Waals surface area contributed by atoms with Crippen LogP contribution in [0.1, 0.15) is 37.7 Å². The Morgan fingerprint density at radius 1 is 1.38 bits per heavy atom. The number of rotatable bonds is 4. The van der Waals surface area contributed by atoms with E-state index in [1.807, 2.05) is 17.0 Å². The maximum Gasteiger partial charge on any atom is 0.242 e. The first-order valence-corrected chi connectivity index (χ1v) is 7.90. The Kier molecular flexibility index (Phi) is 3.98. The molecule has 1 saturated carbocycles. The summed E-state index contributed by atoms with van der Waals surface area (Å²) in [6.45, 7) is 1.61. The quantitative estimate of drug-likeness (QED) is 0.926. The van der Waals surface area contributed by atoms with Crippen LogP contribution in [0.4, 0.5) is 4.39 Å². The van der Waals surface area contributed by atoms with Gasteiger partial charge in [0.1, 0.15) is 5.82 Å². The molecule has 2 aliphatic rings. The van der Waals surface area contributed by atoms with Crippen LogP contribution in [-0.4, -0.2) is 29.4 Å². The number of piperidine rings is 1. The number of halogens is 1. The zero-order valence-electron chi connectivity index (χ0n) is 12.4. The van der Waals surface area contributed by atoms with Gasteiger partial charge in [0.25, 0.3) is 0 Å². The normalized spacial score (nSPS) is 23.9. The molecule has 3 rings (SSSR count). The van der Waals surface area contributed by atoms with Crippen LogP contribution in [0.3, 0.4) is 0 Å². The molecule has 21 heavy (non-hydrogen) atoms. The number of likely N-dealkylation sites (tertiary alicyclic amines) is 1. The smallest absolute Gasteiger partial charge is 0.242 e. The zero-order chi connectivity index (χ0) is 14.9. The third kappa shape index (κ3) is 3.26. The van der Waals surface area contributed by atoms with E-state index in [4.69, 9.17) is 5.73 Å². The van der Waals surface area contributed by atoms with Gasteiger partial charge < -0.3 is 10.6 Å². The monoisotopic (exact) mass is 290 g/mol. The number of carbonyl (C=O) groups is 1. The summed E-state index contributed by atoms with van der Waals surface area (Å²) in [6.07, 6.45) is 5.47. The van der Waals surface area contributed by atoms with E-state index in [-0.39, 0.29) is 11.7 Å². The largest absolute Gasteiger partial charge is 0.341 e. The van der Waals surface area contributed by atoms with Crippen molar-refractivity contribution in [2.75, 3.05) is 13.1 Å². The van der Waals surface area contributed by atoms with Crippen molar-refractivity contribution in [1.82, 2.24) is 4.90 Å². The molecule has 1 aromatic carbocycles. The van der Waals surface area contributed by atoms with E-state index in [9.17, 15) is 9.18 Å². The Morgan fingerprint density at radius 2 is 2.14 bits per heavy atom. The summed E-state index contributed by atoms with van der Waals surface area (Å²) in [5, 5.41) is 0. The number of amides is 1. The van der Waals surface area contributed by atoms with Gasteiger partial charge in [0.15, 0.2) is 0 Å². The van der Waals surface area contributed by atoms with Gasteiger partial charge in [0.2, 0.25) is 5.91 Å². The molecule has 2 fully saturated rings. The third-order valence-electron chi connectivity index (χ3n) is 4.80. The lowest BCUT2D eigenvalue weighted by Crippen LogP contribution is -2.49. The number of hydrogen-bond donors (Lipinski definition) is 1. The molecule has 1 atom stereocenters. The maximum absolute atomic E-state index is 13.6. The second kappa shape index (κ2) is 5.76. The van der Waals surface area contributed by atoms with Gasteiger partial charge in [0.05, 0.1) is 5.54 Å². The van der Waals surface area contributed by atoms with Crippen LogP contribution in [0, 0.1) is 11.7 Å². The van der Waals surface area contributed by atoms with Crippen LogP contribution < -0.4 is 5.73 Å². The van der Waals surface area contributed by atoms with Crippen LogP contribution in [0.5, 0.6) is 0 Å². The van der Waals surface area contributed by atoms with Crippen LogP contribution >= 0.6 is 0 Å². The van der Waals surface area contributed by atoms with Crippen molar-refractivity contribution in [3.63, 3.8) is 0 Å². The molecule has 1 aromatic rings. The molecule has 4 heteroatoms. The summed E-state index contributed by atoms with van der Waals surface area (Å²) in [5.74, 6) is 0.461. The van der Waals surface area contributed by atoms with Gasteiger partial charge in [-0.2, -0.15) is 0 Å². The summed E-state index contributed by atoms with van der Waals surface area (Å²) >= 11 is 0. The van der Waals surface area contributed by atoms with Crippen molar-refractivity contribution in [2.24, 2.45) is 11.7 Å². The van der Waals surface area contributed by atoms with Crippen molar-refractivity contribution >= 4 is 5.91 Å². The number of nitrogens with zero attached hydrogens (tertiary/aromatic N) is 1. The zero-order valence-corrected chi connectivity index (χ0v) is 12.4. The topological polar surface area (TPSA) is 46.3 Å². The van der Waals surface area contributed by atoms with Crippen LogP contribution in [0.2, 0.25) is 0 Å². The van der Waals surface area contributed by atoms with Gasteiger partial charge in [0, 0.05) is 13.1 Å². The Hall–Kier alpha value is -1.42. The average Bonchev–Trinajstić information content (AvgIpc) is 3.25. The summed E-state index contributed by atoms with van der Waals surface area (Å²) in [7, 11) is 0. The van der Waals surface area contributed by atoms with Crippen molar-refractivity contribution in [3.8, 4) is 0 Å². The fraction of sp³-hybridized carbons (Fsp3) is 0.588. The second-order valence-corrected chi connectivity index (χ2v) is 6.55. The number of aryl methyl sites for hydroxylation is 1. The molecule has 1 aliphatic heterocycles. The average molecular weight is 290 g/mol. The molecular formula is C17H23FN2O. The molecule has 3 nitrogen and oxygen atoms in total. The van der Waals surface area contributed by atoms with Crippen LogP contribution in [0.15, 0.2) is 24.3 Å². The third-order valence-corrected chi connectivity index (χ3v) is 4.80. The van der Waals surface area contributed by atoms with Gasteiger partial charge in [-0.15, -0.1) is 0 Å². The molecule has 0 aromatic heterocycles. The molecule has 1 saturated heterocycles. The van der Waals surface area contributed by atoms with Crippen LogP contribution in [-0.2, 0) is 11.2 Å². The summed E-state index contributed by atoms with van der Waals surface area (Å²) in [5.41, 5.74) is 6.22. The van der Waals surface area contributed by atoms with Crippen molar-refractivity contribution in [1.29, 1.82) is 0 Å². The lowest BCUT2D eigenvalue weighted by Gasteiger charge is -2.34. The number of carbonyl (C=O) groups excluding carboxylic acids is 1. The lowest BCUT2D eigenvalue weighted by molar-refractivity contribution is -0.135. The highest BCUT2D eigenvalue weighted by atomic mass is 19.1. The molecule has 0 spiro atoms. The van der Waals surface area contributed by atoms with E-state index in [2.05, 4.69) is 0 Å². The van der Waals surface area contributed by atoms with E-state index in [0.29, 0.717) is 5.92 Å². The van der Waals surface area contributed by atoms with Gasteiger partial charge in [-0.05, 0) is 56.1 Å². The molecule has 0 bridgehead atoms. The molecule has 1 aliphatic carbocycles. The fourth-order valence-corrected chi connectivity index (χ4v) is 3.21. The van der Waals surface area contributed by atoms with Gasteiger partial charge in [-0.25, -0.2) is 4.39 Å². The Labute approximate surface area is 125 Å². The van der Waals surface area contributed by atoms with Gasteiger partial charge in [-0.1, -0.05) is 18.2 Å². The van der Waals surface area contributed by atoms with Crippen molar-refractivity contribution in [3.05, 3.63) is 35.6 Å². The SMILES string of the molecule is NC1(C(=O)N2CCC[C@@H](CCc3ccccc3F)C2)CC1. The van der Waals surface area contributed by atoms with E-state index < -0.39 is 5.54 Å². The minimum Gasteiger partial charge on any atom is -0.341 e. The van der Waals surface area contributed by atoms with E-state index in [1.54, 1.807) is 6.07 Å². The number of nitrogens with two attached hydrogens (primary N) is 1. The first-order valence-electron chi connectivity index (χ1n) is 7.90. The minimum atomic E-state index is -0.562. The Balaban J connectivity index is 1.54. The Bertz CT molecular complexity index is 527. The fourth-order valence-electron chi connectivity index (χ4n) is 3.21.